The summed E-state index contributed by atoms with van der Waals surface area (Å²) in [5, 5.41) is 0. The summed E-state index contributed by atoms with van der Waals surface area (Å²) in [4.78, 5) is 30.1. The van der Waals surface area contributed by atoms with Gasteiger partial charge in [0.1, 0.15) is 18.3 Å². The molecule has 9 heteroatoms. The Hall–Kier alpha value is -2.30. The molecular formula is C26H29BrN2O6. The fourth-order valence-corrected chi connectivity index (χ4v) is 5.34. The molecule has 3 aliphatic rings. The normalized spacial score (nSPS) is 30.1. The van der Waals surface area contributed by atoms with Gasteiger partial charge in [-0.25, -0.2) is 4.79 Å². The standard InChI is InChI=1S/C26H29BrN2O6/c1-26(2)34-23-22(32-3)21(33-24(23)35-26)19-13-20(30)29(15-16-7-5-4-6-8-16)25(31)28(19)14-17-9-11-18(27)12-10-17/h4-12,19,21-24H,13-15H2,1-3H3/t19?,21-,22+,23-,24-/m1/s1. The Morgan fingerprint density at radius 2 is 1.66 bits per heavy atom. The van der Waals surface area contributed by atoms with Gasteiger partial charge in [-0.2, -0.15) is 0 Å². The zero-order chi connectivity index (χ0) is 24.7. The van der Waals surface area contributed by atoms with Crippen LogP contribution in [0.25, 0.3) is 0 Å². The van der Waals surface area contributed by atoms with E-state index in [0.717, 1.165) is 15.6 Å². The molecule has 35 heavy (non-hydrogen) atoms. The molecule has 0 radical (unpaired) electrons. The van der Waals surface area contributed by atoms with E-state index < -0.39 is 36.4 Å². The van der Waals surface area contributed by atoms with Gasteiger partial charge in [-0.3, -0.25) is 9.69 Å². The first-order valence-corrected chi connectivity index (χ1v) is 12.5. The van der Waals surface area contributed by atoms with Crippen LogP contribution in [0.2, 0.25) is 0 Å². The lowest BCUT2D eigenvalue weighted by molar-refractivity contribution is -0.224. The average Bonchev–Trinajstić information content (AvgIpc) is 3.31. The molecule has 0 N–H and O–H groups in total. The summed E-state index contributed by atoms with van der Waals surface area (Å²) in [5.74, 6) is -1.03. The Morgan fingerprint density at radius 1 is 0.971 bits per heavy atom. The van der Waals surface area contributed by atoms with Gasteiger partial charge in [0, 0.05) is 18.1 Å². The number of hydrogen-bond donors (Lipinski definition) is 0. The second-order valence-corrected chi connectivity index (χ2v) is 10.5. The van der Waals surface area contributed by atoms with Gasteiger partial charge in [0.25, 0.3) is 0 Å². The lowest BCUT2D eigenvalue weighted by atomic mass is 9.96. The molecule has 8 nitrogen and oxygen atoms in total. The molecule has 3 fully saturated rings. The Bertz CT molecular complexity index is 1080. The fraction of sp³-hybridized carbons (Fsp3) is 0.462. The van der Waals surface area contributed by atoms with Crippen LogP contribution in [0.1, 0.15) is 31.4 Å². The van der Waals surface area contributed by atoms with Crippen LogP contribution in [-0.2, 0) is 36.8 Å². The molecule has 1 unspecified atom stereocenters. The monoisotopic (exact) mass is 544 g/mol. The largest absolute Gasteiger partial charge is 0.376 e. The zero-order valence-corrected chi connectivity index (χ0v) is 21.5. The molecule has 3 heterocycles. The molecule has 0 aliphatic carbocycles. The number of imide groups is 1. The molecule has 186 valence electrons. The number of fused-ring (bicyclic) bond motifs is 1. The van der Waals surface area contributed by atoms with Crippen molar-refractivity contribution in [2.24, 2.45) is 0 Å². The van der Waals surface area contributed by atoms with E-state index in [9.17, 15) is 9.59 Å². The van der Waals surface area contributed by atoms with Gasteiger partial charge in [-0.15, -0.1) is 0 Å². The SMILES string of the molecule is CO[C@@H]1[C@H]2OC(C)(C)O[C@H]2O[C@@H]1C1CC(=O)N(Cc2ccccc2)C(=O)N1Cc1ccc(Br)cc1. The molecule has 0 aromatic heterocycles. The van der Waals surface area contributed by atoms with Crippen LogP contribution in [-0.4, -0.2) is 65.3 Å². The number of halogens is 1. The maximum absolute atomic E-state index is 13.8. The van der Waals surface area contributed by atoms with Crippen LogP contribution < -0.4 is 0 Å². The van der Waals surface area contributed by atoms with E-state index in [1.165, 1.54) is 4.90 Å². The molecular weight excluding hydrogens is 516 g/mol. The molecule has 0 bridgehead atoms. The van der Waals surface area contributed by atoms with Gasteiger partial charge >= 0.3 is 6.03 Å². The maximum Gasteiger partial charge on any atom is 0.327 e. The second-order valence-electron chi connectivity index (χ2n) is 9.54. The number of carbonyl (C=O) groups is 2. The van der Waals surface area contributed by atoms with Crippen molar-refractivity contribution in [3.05, 3.63) is 70.2 Å². The molecule has 0 spiro atoms. The number of hydrogen-bond acceptors (Lipinski definition) is 6. The van der Waals surface area contributed by atoms with E-state index in [1.54, 1.807) is 12.0 Å². The molecule has 5 atom stereocenters. The van der Waals surface area contributed by atoms with Crippen molar-refractivity contribution in [2.75, 3.05) is 7.11 Å². The molecule has 5 rings (SSSR count). The first kappa shape index (κ1) is 24.4. The van der Waals surface area contributed by atoms with E-state index >= 15 is 0 Å². The van der Waals surface area contributed by atoms with Gasteiger partial charge in [-0.05, 0) is 37.1 Å². The van der Waals surface area contributed by atoms with Crippen LogP contribution >= 0.6 is 15.9 Å². The first-order chi connectivity index (χ1) is 16.8. The van der Waals surface area contributed by atoms with E-state index in [2.05, 4.69) is 15.9 Å². The first-order valence-electron chi connectivity index (χ1n) is 11.7. The van der Waals surface area contributed by atoms with E-state index in [-0.39, 0.29) is 24.9 Å². The number of nitrogens with zero attached hydrogens (tertiary/aromatic N) is 2. The highest BCUT2D eigenvalue weighted by molar-refractivity contribution is 9.10. The summed E-state index contributed by atoms with van der Waals surface area (Å²) in [5.41, 5.74) is 1.84. The Kier molecular flexibility index (Phi) is 6.71. The molecule has 3 amide bonds. The molecule has 2 aromatic carbocycles. The van der Waals surface area contributed by atoms with Crippen molar-refractivity contribution in [1.29, 1.82) is 0 Å². The summed E-state index contributed by atoms with van der Waals surface area (Å²) in [7, 11) is 1.59. The van der Waals surface area contributed by atoms with Crippen molar-refractivity contribution in [3.63, 3.8) is 0 Å². The van der Waals surface area contributed by atoms with E-state index in [4.69, 9.17) is 18.9 Å². The number of carbonyl (C=O) groups excluding carboxylic acids is 2. The van der Waals surface area contributed by atoms with Crippen LogP contribution in [0.5, 0.6) is 0 Å². The lowest BCUT2D eigenvalue weighted by Crippen LogP contribution is -2.61. The van der Waals surface area contributed by atoms with Crippen molar-refractivity contribution >= 4 is 27.9 Å². The lowest BCUT2D eigenvalue weighted by Gasteiger charge is -2.43. The maximum atomic E-state index is 13.8. The minimum absolute atomic E-state index is 0.114. The fourth-order valence-electron chi connectivity index (χ4n) is 5.07. The smallest absolute Gasteiger partial charge is 0.327 e. The van der Waals surface area contributed by atoms with Crippen LogP contribution in [0.15, 0.2) is 59.1 Å². The highest BCUT2D eigenvalue weighted by atomic mass is 79.9. The predicted molar refractivity (Wildman–Crippen MR) is 130 cm³/mol. The number of urea groups is 1. The van der Waals surface area contributed by atoms with Crippen LogP contribution in [0.3, 0.4) is 0 Å². The zero-order valence-electron chi connectivity index (χ0n) is 19.9. The van der Waals surface area contributed by atoms with Crippen molar-refractivity contribution in [2.45, 2.75) is 69.8 Å². The van der Waals surface area contributed by atoms with Gasteiger partial charge in [0.05, 0.1) is 19.0 Å². The quantitative estimate of drug-likeness (QED) is 0.545. The third-order valence-corrected chi connectivity index (χ3v) is 7.22. The average molecular weight is 545 g/mol. The number of amides is 3. The summed E-state index contributed by atoms with van der Waals surface area (Å²) in [6.45, 7) is 4.19. The Balaban J connectivity index is 1.44. The predicted octanol–water partition coefficient (Wildman–Crippen LogP) is 4.06. The van der Waals surface area contributed by atoms with Crippen molar-refractivity contribution in [3.8, 4) is 0 Å². The van der Waals surface area contributed by atoms with Gasteiger partial charge in [0.2, 0.25) is 5.91 Å². The Labute approximate surface area is 213 Å². The topological polar surface area (TPSA) is 77.5 Å². The van der Waals surface area contributed by atoms with Crippen LogP contribution in [0.4, 0.5) is 4.79 Å². The summed E-state index contributed by atoms with van der Waals surface area (Å²) in [6.07, 6.45) is -2.01. The third kappa shape index (κ3) is 4.88. The van der Waals surface area contributed by atoms with E-state index in [1.807, 2.05) is 68.4 Å². The van der Waals surface area contributed by atoms with E-state index in [0.29, 0.717) is 6.54 Å². The third-order valence-electron chi connectivity index (χ3n) is 6.69. The minimum atomic E-state index is -0.793. The minimum Gasteiger partial charge on any atom is -0.376 e. The van der Waals surface area contributed by atoms with Gasteiger partial charge in [0.15, 0.2) is 12.1 Å². The van der Waals surface area contributed by atoms with Gasteiger partial charge < -0.3 is 23.8 Å². The summed E-state index contributed by atoms with van der Waals surface area (Å²) in [6, 6.07) is 16.4. The number of benzene rings is 2. The highest BCUT2D eigenvalue weighted by Crippen LogP contribution is 2.41. The van der Waals surface area contributed by atoms with Crippen molar-refractivity contribution < 1.29 is 28.5 Å². The summed E-state index contributed by atoms with van der Waals surface area (Å²) >= 11 is 3.46. The molecule has 3 saturated heterocycles. The number of ether oxygens (including phenoxy) is 4. The van der Waals surface area contributed by atoms with Crippen LogP contribution in [0, 0.1) is 0 Å². The van der Waals surface area contributed by atoms with Gasteiger partial charge in [-0.1, -0.05) is 58.4 Å². The number of rotatable bonds is 6. The molecule has 2 aromatic rings. The Morgan fingerprint density at radius 3 is 2.34 bits per heavy atom. The number of methoxy groups -OCH3 is 1. The molecule has 0 saturated carbocycles. The second kappa shape index (κ2) is 9.63. The highest BCUT2D eigenvalue weighted by Gasteiger charge is 2.59. The summed E-state index contributed by atoms with van der Waals surface area (Å²) < 4.78 is 25.0. The van der Waals surface area contributed by atoms with Crippen molar-refractivity contribution in [1.82, 2.24) is 9.80 Å². The molecule has 3 aliphatic heterocycles.